The Bertz CT molecular complexity index is 595. The molecule has 0 saturated carbocycles. The zero-order valence-electron chi connectivity index (χ0n) is 11.9. The number of nitrogens with one attached hydrogen (secondary N) is 1. The molecule has 0 spiro atoms. The molecule has 21 heavy (non-hydrogen) atoms. The number of hydrogen-bond donors (Lipinski definition) is 2. The summed E-state index contributed by atoms with van der Waals surface area (Å²) in [5.41, 5.74) is 2.13. The second kappa shape index (κ2) is 6.26. The number of pyridine rings is 1. The average molecular weight is 309 g/mol. The Hall–Kier alpha value is -1.88. The van der Waals surface area contributed by atoms with Gasteiger partial charge in [0.05, 0.1) is 16.9 Å². The van der Waals surface area contributed by atoms with Crippen molar-refractivity contribution in [2.45, 2.75) is 26.7 Å². The van der Waals surface area contributed by atoms with Crippen molar-refractivity contribution in [3.8, 4) is 0 Å². The molecule has 1 aliphatic rings. The summed E-state index contributed by atoms with van der Waals surface area (Å²) in [7, 11) is 0. The molecule has 0 saturated heterocycles. The first-order valence-electron chi connectivity index (χ1n) is 6.69. The number of carboxylic acid groups (broad SMARTS) is 1. The van der Waals surface area contributed by atoms with Crippen LogP contribution in [0.2, 0.25) is 5.02 Å². The fraction of sp³-hybridized carbons (Fsp3) is 0.400. The number of carbonyl (C=O) groups is 2. The van der Waals surface area contributed by atoms with Gasteiger partial charge in [-0.1, -0.05) is 22.7 Å². The molecule has 0 unspecified atom stereocenters. The Morgan fingerprint density at radius 2 is 1.86 bits per heavy atom. The number of aliphatic carboxylic acids is 1. The predicted molar refractivity (Wildman–Crippen MR) is 80.1 cm³/mol. The quantitative estimate of drug-likeness (QED) is 0.841. The van der Waals surface area contributed by atoms with Crippen molar-refractivity contribution in [1.29, 1.82) is 0 Å². The van der Waals surface area contributed by atoms with Crippen molar-refractivity contribution in [3.63, 3.8) is 0 Å². The van der Waals surface area contributed by atoms with Crippen LogP contribution in [0.5, 0.6) is 0 Å². The monoisotopic (exact) mass is 308 g/mol. The molecule has 2 N–H and O–H groups in total. The van der Waals surface area contributed by atoms with E-state index in [1.54, 1.807) is 12.1 Å². The Morgan fingerprint density at radius 1 is 1.24 bits per heavy atom. The summed E-state index contributed by atoms with van der Waals surface area (Å²) in [6, 6.07) is 3.21. The van der Waals surface area contributed by atoms with Gasteiger partial charge < -0.3 is 10.4 Å². The van der Waals surface area contributed by atoms with Crippen LogP contribution in [-0.4, -0.2) is 22.0 Å². The van der Waals surface area contributed by atoms with Crippen molar-refractivity contribution in [1.82, 2.24) is 4.98 Å². The number of hydrogen-bond acceptors (Lipinski definition) is 3. The smallest absolute Gasteiger partial charge is 0.307 e. The third-order valence-electron chi connectivity index (χ3n) is 3.90. The SMILES string of the molecule is CC1=C(C)C[C@@H](C(=O)Nc2ccc(Cl)cn2)[C@@H](C(=O)O)C1. The van der Waals surface area contributed by atoms with E-state index in [0.717, 1.165) is 11.1 Å². The molecule has 1 aromatic heterocycles. The Balaban J connectivity index is 2.16. The molecule has 5 nitrogen and oxygen atoms in total. The molecule has 0 fully saturated rings. The molecule has 6 heteroatoms. The number of rotatable bonds is 3. The highest BCUT2D eigenvalue weighted by Crippen LogP contribution is 2.34. The third kappa shape index (κ3) is 3.61. The maximum atomic E-state index is 12.3. The number of halogens is 1. The molecule has 1 aliphatic carbocycles. The molecule has 1 amide bonds. The van der Waals surface area contributed by atoms with Gasteiger partial charge in [-0.05, 0) is 38.8 Å². The highest BCUT2D eigenvalue weighted by molar-refractivity contribution is 6.30. The first kappa shape index (κ1) is 15.5. The normalized spacial score (nSPS) is 22.0. The van der Waals surface area contributed by atoms with Gasteiger partial charge in [0.25, 0.3) is 0 Å². The van der Waals surface area contributed by atoms with Gasteiger partial charge in [0.15, 0.2) is 0 Å². The van der Waals surface area contributed by atoms with E-state index in [1.165, 1.54) is 6.20 Å². The lowest BCUT2D eigenvalue weighted by Crippen LogP contribution is -2.36. The highest BCUT2D eigenvalue weighted by Gasteiger charge is 2.37. The lowest BCUT2D eigenvalue weighted by atomic mass is 9.76. The van der Waals surface area contributed by atoms with Crippen molar-refractivity contribution < 1.29 is 14.7 Å². The van der Waals surface area contributed by atoms with Crippen LogP contribution < -0.4 is 5.32 Å². The minimum atomic E-state index is -0.939. The van der Waals surface area contributed by atoms with Crippen molar-refractivity contribution in [2.24, 2.45) is 11.8 Å². The minimum absolute atomic E-state index is 0.316. The van der Waals surface area contributed by atoms with Crippen LogP contribution in [-0.2, 0) is 9.59 Å². The fourth-order valence-electron chi connectivity index (χ4n) is 2.50. The van der Waals surface area contributed by atoms with Gasteiger partial charge in [-0.15, -0.1) is 0 Å². The van der Waals surface area contributed by atoms with Crippen molar-refractivity contribution >= 4 is 29.3 Å². The number of carboxylic acids is 1. The molecule has 0 radical (unpaired) electrons. The number of aromatic nitrogens is 1. The van der Waals surface area contributed by atoms with Crippen LogP contribution in [0.15, 0.2) is 29.5 Å². The molecular weight excluding hydrogens is 292 g/mol. The van der Waals surface area contributed by atoms with E-state index in [4.69, 9.17) is 11.6 Å². The van der Waals surface area contributed by atoms with E-state index in [2.05, 4.69) is 10.3 Å². The van der Waals surface area contributed by atoms with Crippen LogP contribution in [0, 0.1) is 11.8 Å². The summed E-state index contributed by atoms with van der Waals surface area (Å²) in [4.78, 5) is 27.7. The van der Waals surface area contributed by atoms with Crippen LogP contribution in [0.25, 0.3) is 0 Å². The zero-order chi connectivity index (χ0) is 15.6. The van der Waals surface area contributed by atoms with Gasteiger partial charge >= 0.3 is 5.97 Å². The summed E-state index contributed by atoms with van der Waals surface area (Å²) in [6.07, 6.45) is 2.30. The van der Waals surface area contributed by atoms with Gasteiger partial charge in [-0.2, -0.15) is 0 Å². The number of anilines is 1. The number of carbonyl (C=O) groups excluding carboxylic acids is 1. The number of allylic oxidation sites excluding steroid dienone is 2. The van der Waals surface area contributed by atoms with Crippen LogP contribution >= 0.6 is 11.6 Å². The molecule has 1 heterocycles. The number of nitrogens with zero attached hydrogens (tertiary/aromatic N) is 1. The van der Waals surface area contributed by atoms with E-state index in [0.29, 0.717) is 23.7 Å². The van der Waals surface area contributed by atoms with E-state index in [-0.39, 0.29) is 5.91 Å². The standard InChI is InChI=1S/C15H17ClN2O3/c1-8-5-11(12(15(20)21)6-9(8)2)14(19)18-13-4-3-10(16)7-17-13/h3-4,7,11-12H,5-6H2,1-2H3,(H,20,21)(H,17,18,19)/t11-,12+/m1/s1. The molecule has 2 rings (SSSR count). The molecule has 2 atom stereocenters. The summed E-state index contributed by atoms with van der Waals surface area (Å²) >= 11 is 5.74. The largest absolute Gasteiger partial charge is 0.481 e. The molecule has 1 aromatic rings. The predicted octanol–water partition coefficient (Wildman–Crippen LogP) is 3.12. The number of amides is 1. The maximum absolute atomic E-state index is 12.3. The molecular formula is C15H17ClN2O3. The Labute approximate surface area is 128 Å². The van der Waals surface area contributed by atoms with E-state index >= 15 is 0 Å². The molecule has 0 aromatic carbocycles. The first-order chi connectivity index (χ1) is 9.88. The van der Waals surface area contributed by atoms with Gasteiger partial charge in [0.1, 0.15) is 5.82 Å². The fourth-order valence-corrected chi connectivity index (χ4v) is 2.61. The van der Waals surface area contributed by atoms with E-state index in [9.17, 15) is 14.7 Å². The second-order valence-corrected chi connectivity index (χ2v) is 5.81. The highest BCUT2D eigenvalue weighted by atomic mass is 35.5. The summed E-state index contributed by atoms with van der Waals surface area (Å²) in [6.45, 7) is 3.86. The van der Waals surface area contributed by atoms with E-state index in [1.807, 2.05) is 13.8 Å². The minimum Gasteiger partial charge on any atom is -0.481 e. The third-order valence-corrected chi connectivity index (χ3v) is 4.12. The van der Waals surface area contributed by atoms with Gasteiger partial charge in [-0.25, -0.2) is 4.98 Å². The van der Waals surface area contributed by atoms with Crippen LogP contribution in [0.1, 0.15) is 26.7 Å². The van der Waals surface area contributed by atoms with Crippen molar-refractivity contribution in [3.05, 3.63) is 34.5 Å². The summed E-state index contributed by atoms with van der Waals surface area (Å²) in [5.74, 6) is -2.16. The summed E-state index contributed by atoms with van der Waals surface area (Å²) < 4.78 is 0. The lowest BCUT2D eigenvalue weighted by Gasteiger charge is -2.29. The molecule has 0 aliphatic heterocycles. The van der Waals surface area contributed by atoms with E-state index < -0.39 is 17.8 Å². The van der Waals surface area contributed by atoms with Gasteiger partial charge in [-0.3, -0.25) is 9.59 Å². The molecule has 0 bridgehead atoms. The average Bonchev–Trinajstić information content (AvgIpc) is 2.43. The maximum Gasteiger partial charge on any atom is 0.307 e. The topological polar surface area (TPSA) is 79.3 Å². The Kier molecular flexibility index (Phi) is 4.63. The van der Waals surface area contributed by atoms with Crippen LogP contribution in [0.3, 0.4) is 0 Å². The zero-order valence-corrected chi connectivity index (χ0v) is 12.6. The molecule has 112 valence electrons. The van der Waals surface area contributed by atoms with Gasteiger partial charge in [0, 0.05) is 6.20 Å². The van der Waals surface area contributed by atoms with Crippen LogP contribution in [0.4, 0.5) is 5.82 Å². The first-order valence-corrected chi connectivity index (χ1v) is 7.06. The second-order valence-electron chi connectivity index (χ2n) is 5.37. The lowest BCUT2D eigenvalue weighted by molar-refractivity contribution is -0.146. The van der Waals surface area contributed by atoms with Gasteiger partial charge in [0.2, 0.25) is 5.91 Å². The van der Waals surface area contributed by atoms with Crippen molar-refractivity contribution in [2.75, 3.05) is 5.32 Å². The Morgan fingerprint density at radius 3 is 2.38 bits per heavy atom. The summed E-state index contributed by atoms with van der Waals surface area (Å²) in [5, 5.41) is 12.5.